The number of benzene rings is 9. The topological polar surface area (TPSA) is 0 Å². The standard InChI is InChI=1S/C50H30S2/c1-3-7-35-21-39-17-31(9-13-37(39)19-33(35)5-1)11-15-47-27-45-25-41-23-42-26-46-28-48(52-50(46)30-44(42)24-43(41)29-49(45)51-47)16-12-32-10-14-38-20-34-6-2-4-8-36(34)22-40(38)18-32/h1-30H/b15-11+,16-12+. The van der Waals surface area contributed by atoms with E-state index in [2.05, 4.69) is 182 Å². The van der Waals surface area contributed by atoms with Crippen molar-refractivity contribution in [3.05, 3.63) is 179 Å². The lowest BCUT2D eigenvalue weighted by atomic mass is 10.0. The Bertz CT molecular complexity index is 2990. The van der Waals surface area contributed by atoms with Gasteiger partial charge in [-0.05, 0) is 184 Å². The first-order valence-corrected chi connectivity index (χ1v) is 19.3. The molecule has 0 unspecified atom stereocenters. The van der Waals surface area contributed by atoms with E-state index in [1.165, 1.54) is 106 Å². The molecule has 0 aliphatic rings. The summed E-state index contributed by atoms with van der Waals surface area (Å²) in [7, 11) is 0. The third-order valence-corrected chi connectivity index (χ3v) is 12.6. The van der Waals surface area contributed by atoms with E-state index in [1.807, 2.05) is 22.7 Å². The van der Waals surface area contributed by atoms with Crippen LogP contribution in [0.1, 0.15) is 20.9 Å². The minimum absolute atomic E-state index is 1.22. The molecule has 0 aliphatic carbocycles. The van der Waals surface area contributed by atoms with E-state index in [0.717, 1.165) is 0 Å². The summed E-state index contributed by atoms with van der Waals surface area (Å²) in [4.78, 5) is 2.54. The van der Waals surface area contributed by atoms with E-state index >= 15 is 0 Å². The molecule has 0 nitrogen and oxygen atoms in total. The molecule has 52 heavy (non-hydrogen) atoms. The summed E-state index contributed by atoms with van der Waals surface area (Å²) in [5, 5.41) is 18.0. The molecule has 0 amide bonds. The largest absolute Gasteiger partial charge is 0.136 e. The van der Waals surface area contributed by atoms with Crippen LogP contribution < -0.4 is 0 Å². The second-order valence-corrected chi connectivity index (χ2v) is 16.1. The van der Waals surface area contributed by atoms with Crippen LogP contribution in [-0.2, 0) is 0 Å². The Labute approximate surface area is 308 Å². The molecule has 11 rings (SSSR count). The summed E-state index contributed by atoms with van der Waals surface area (Å²) < 4.78 is 2.64. The Balaban J connectivity index is 0.881. The van der Waals surface area contributed by atoms with Crippen LogP contribution in [0.5, 0.6) is 0 Å². The van der Waals surface area contributed by atoms with Gasteiger partial charge >= 0.3 is 0 Å². The molecule has 2 heteroatoms. The SMILES string of the molecule is C(=C\c1cc2cc3cc4cc5cc(/C=C/c6ccc7cc8ccccc8cc7c6)sc5cc4cc3cc2s1)/c1ccc2cc3ccccc3cc2c1. The molecule has 2 heterocycles. The normalized spacial score (nSPS) is 12.5. The quantitative estimate of drug-likeness (QED) is 0.161. The summed E-state index contributed by atoms with van der Waals surface area (Å²) in [6, 6.07) is 58.7. The maximum atomic E-state index is 2.37. The molecular weight excluding hydrogens is 665 g/mol. The highest BCUT2D eigenvalue weighted by atomic mass is 32.1. The van der Waals surface area contributed by atoms with Crippen LogP contribution in [0.15, 0.2) is 158 Å². The highest BCUT2D eigenvalue weighted by Crippen LogP contribution is 2.37. The second kappa shape index (κ2) is 11.7. The Kier molecular flexibility index (Phi) is 6.70. The van der Waals surface area contributed by atoms with Gasteiger partial charge in [-0.2, -0.15) is 0 Å². The zero-order valence-corrected chi connectivity index (χ0v) is 29.8. The molecule has 0 saturated heterocycles. The molecule has 0 radical (unpaired) electrons. The van der Waals surface area contributed by atoms with Crippen LogP contribution >= 0.6 is 22.7 Å². The van der Waals surface area contributed by atoms with Gasteiger partial charge in [-0.1, -0.05) is 84.9 Å². The van der Waals surface area contributed by atoms with Gasteiger partial charge in [0, 0.05) is 19.2 Å². The van der Waals surface area contributed by atoms with Crippen molar-refractivity contribution in [3.63, 3.8) is 0 Å². The van der Waals surface area contributed by atoms with Gasteiger partial charge in [-0.3, -0.25) is 0 Å². The highest BCUT2D eigenvalue weighted by Gasteiger charge is 2.08. The minimum atomic E-state index is 1.22. The molecular formula is C50H30S2. The van der Waals surface area contributed by atoms with Crippen LogP contribution in [0.4, 0.5) is 0 Å². The first kappa shape index (κ1) is 29.6. The van der Waals surface area contributed by atoms with Gasteiger partial charge in [0.2, 0.25) is 0 Å². The Morgan fingerprint density at radius 3 is 1.02 bits per heavy atom. The van der Waals surface area contributed by atoms with Gasteiger partial charge in [-0.25, -0.2) is 0 Å². The first-order chi connectivity index (χ1) is 25.6. The van der Waals surface area contributed by atoms with Crippen molar-refractivity contribution >= 4 is 132 Å². The summed E-state index contributed by atoms with van der Waals surface area (Å²) in [6.07, 6.45) is 9.01. The second-order valence-electron chi connectivity index (χ2n) is 13.9. The molecule has 0 N–H and O–H groups in total. The molecule has 0 aliphatic heterocycles. The minimum Gasteiger partial charge on any atom is -0.136 e. The van der Waals surface area contributed by atoms with Crippen molar-refractivity contribution < 1.29 is 0 Å². The van der Waals surface area contributed by atoms with Crippen LogP contribution in [-0.4, -0.2) is 0 Å². The summed E-state index contributed by atoms with van der Waals surface area (Å²) in [6.45, 7) is 0. The van der Waals surface area contributed by atoms with Gasteiger partial charge in [0.15, 0.2) is 0 Å². The Hall–Kier alpha value is -6.06. The lowest BCUT2D eigenvalue weighted by molar-refractivity contribution is 1.73. The van der Waals surface area contributed by atoms with Crippen LogP contribution in [0, 0.1) is 0 Å². The lowest BCUT2D eigenvalue weighted by Gasteiger charge is -2.04. The average Bonchev–Trinajstić information content (AvgIpc) is 3.77. The van der Waals surface area contributed by atoms with E-state index in [1.54, 1.807) is 0 Å². The Morgan fingerprint density at radius 2 is 0.577 bits per heavy atom. The highest BCUT2D eigenvalue weighted by molar-refractivity contribution is 7.20. The smallest absolute Gasteiger partial charge is 0.0355 e. The number of hydrogen-bond acceptors (Lipinski definition) is 2. The third-order valence-electron chi connectivity index (χ3n) is 10.4. The number of rotatable bonds is 4. The first-order valence-electron chi connectivity index (χ1n) is 17.7. The van der Waals surface area contributed by atoms with Gasteiger partial charge in [0.05, 0.1) is 0 Å². The summed E-state index contributed by atoms with van der Waals surface area (Å²) in [5.74, 6) is 0. The zero-order chi connectivity index (χ0) is 34.2. The third kappa shape index (κ3) is 5.27. The van der Waals surface area contributed by atoms with Gasteiger partial charge in [0.1, 0.15) is 0 Å². The van der Waals surface area contributed by atoms with Crippen LogP contribution in [0.3, 0.4) is 0 Å². The number of thiophene rings is 2. The molecule has 0 spiro atoms. The molecule has 242 valence electrons. The Morgan fingerprint density at radius 1 is 0.250 bits per heavy atom. The maximum Gasteiger partial charge on any atom is 0.0355 e. The van der Waals surface area contributed by atoms with Crippen molar-refractivity contribution in [2.24, 2.45) is 0 Å². The zero-order valence-electron chi connectivity index (χ0n) is 28.1. The average molecular weight is 695 g/mol. The van der Waals surface area contributed by atoms with Gasteiger partial charge in [-0.15, -0.1) is 22.7 Å². The van der Waals surface area contributed by atoms with Crippen LogP contribution in [0.25, 0.3) is 109 Å². The van der Waals surface area contributed by atoms with Crippen LogP contribution in [0.2, 0.25) is 0 Å². The molecule has 0 fully saturated rings. The predicted molar refractivity (Wildman–Crippen MR) is 233 cm³/mol. The monoisotopic (exact) mass is 694 g/mol. The number of hydrogen-bond donors (Lipinski definition) is 0. The van der Waals surface area contributed by atoms with Gasteiger partial charge < -0.3 is 0 Å². The van der Waals surface area contributed by atoms with E-state index in [-0.39, 0.29) is 0 Å². The molecule has 0 bridgehead atoms. The van der Waals surface area contributed by atoms with E-state index in [4.69, 9.17) is 0 Å². The summed E-state index contributed by atoms with van der Waals surface area (Å²) in [5.41, 5.74) is 2.44. The van der Waals surface area contributed by atoms with Crippen molar-refractivity contribution in [3.8, 4) is 0 Å². The van der Waals surface area contributed by atoms with Crippen molar-refractivity contribution in [2.75, 3.05) is 0 Å². The molecule has 9 aromatic carbocycles. The fourth-order valence-corrected chi connectivity index (χ4v) is 9.76. The van der Waals surface area contributed by atoms with Gasteiger partial charge in [0.25, 0.3) is 0 Å². The predicted octanol–water partition coefficient (Wildman–Crippen LogP) is 15.4. The summed E-state index contributed by atoms with van der Waals surface area (Å²) >= 11 is 3.72. The fraction of sp³-hybridized carbons (Fsp3) is 0. The molecule has 11 aromatic rings. The van der Waals surface area contributed by atoms with E-state index in [0.29, 0.717) is 0 Å². The molecule has 0 saturated carbocycles. The van der Waals surface area contributed by atoms with E-state index in [9.17, 15) is 0 Å². The molecule has 0 atom stereocenters. The number of fused-ring (bicyclic) bond motifs is 8. The fourth-order valence-electron chi connectivity index (χ4n) is 7.76. The van der Waals surface area contributed by atoms with Crippen molar-refractivity contribution in [1.82, 2.24) is 0 Å². The lowest BCUT2D eigenvalue weighted by Crippen LogP contribution is -1.78. The maximum absolute atomic E-state index is 2.37. The van der Waals surface area contributed by atoms with Crippen molar-refractivity contribution in [1.29, 1.82) is 0 Å². The van der Waals surface area contributed by atoms with Crippen molar-refractivity contribution in [2.45, 2.75) is 0 Å². The van der Waals surface area contributed by atoms with E-state index < -0.39 is 0 Å². The molecule has 2 aromatic heterocycles.